The molecule has 2 N–H and O–H groups in total. The Kier molecular flexibility index (Phi) is 9.09. The molecule has 3 aliphatic heterocycles. The quantitative estimate of drug-likeness (QED) is 0.319. The number of hydrogen-bond acceptors (Lipinski definition) is 6. The van der Waals surface area contributed by atoms with Crippen LogP contribution in [0.3, 0.4) is 0 Å². The molecule has 0 radical (unpaired) electrons. The highest BCUT2D eigenvalue weighted by molar-refractivity contribution is 6.08. The summed E-state index contributed by atoms with van der Waals surface area (Å²) in [6.07, 6.45) is 2.56. The summed E-state index contributed by atoms with van der Waals surface area (Å²) in [4.78, 5) is 35.1. The minimum atomic E-state index is -0.148. The van der Waals surface area contributed by atoms with Crippen molar-refractivity contribution in [3.05, 3.63) is 106 Å². The van der Waals surface area contributed by atoms with Crippen LogP contribution in [0.15, 0.2) is 66.7 Å². The molecule has 0 aliphatic carbocycles. The molecule has 2 amide bonds. The molecule has 4 aromatic rings. The summed E-state index contributed by atoms with van der Waals surface area (Å²) in [5, 5.41) is 13.3. The lowest BCUT2D eigenvalue weighted by Gasteiger charge is -2.40. The van der Waals surface area contributed by atoms with Crippen molar-refractivity contribution in [2.24, 2.45) is 7.05 Å². The Balaban J connectivity index is 1.30. The Labute approximate surface area is 282 Å². The van der Waals surface area contributed by atoms with E-state index in [1.807, 2.05) is 24.6 Å². The van der Waals surface area contributed by atoms with Gasteiger partial charge in [-0.15, -0.1) is 0 Å². The van der Waals surface area contributed by atoms with E-state index < -0.39 is 0 Å². The third kappa shape index (κ3) is 6.25. The van der Waals surface area contributed by atoms with Crippen LogP contribution in [-0.2, 0) is 37.6 Å². The van der Waals surface area contributed by atoms with Gasteiger partial charge in [-0.2, -0.15) is 0 Å². The maximum absolute atomic E-state index is 15.0. The van der Waals surface area contributed by atoms with Gasteiger partial charge in [0.15, 0.2) is 0 Å². The van der Waals surface area contributed by atoms with Crippen LogP contribution in [-0.4, -0.2) is 90.3 Å². The molecule has 1 atom stereocenters. The molecule has 3 aromatic carbocycles. The lowest BCUT2D eigenvalue weighted by Crippen LogP contribution is -2.52. The number of benzene rings is 3. The number of nitrogens with one attached hydrogen (secondary N) is 1. The fourth-order valence-corrected chi connectivity index (χ4v) is 7.49. The van der Waals surface area contributed by atoms with Crippen molar-refractivity contribution >= 4 is 17.5 Å². The Morgan fingerprint density at radius 1 is 0.917 bits per heavy atom. The van der Waals surface area contributed by atoms with Crippen molar-refractivity contribution < 1.29 is 19.4 Å². The van der Waals surface area contributed by atoms with E-state index in [-0.39, 0.29) is 23.6 Å². The van der Waals surface area contributed by atoms with Gasteiger partial charge in [-0.25, -0.2) is 0 Å². The number of morpholine rings is 1. The fraction of sp³-hybridized carbons (Fsp3) is 0.385. The number of rotatable bonds is 6. The average molecular weight is 648 g/mol. The van der Waals surface area contributed by atoms with Crippen molar-refractivity contribution in [3.63, 3.8) is 0 Å². The summed E-state index contributed by atoms with van der Waals surface area (Å²) >= 11 is 0. The number of amides is 2. The maximum Gasteiger partial charge on any atom is 0.259 e. The monoisotopic (exact) mass is 647 g/mol. The molecular formula is C39H45N5O4. The Morgan fingerprint density at radius 2 is 1.60 bits per heavy atom. The Morgan fingerprint density at radius 3 is 2.33 bits per heavy atom. The molecular weight excluding hydrogens is 602 g/mol. The standard InChI is InChI=1S/C39H45N5O4/c1-26-34(38(46)42(3)31-8-10-33(45)11-9-31)23-37(41(26)2)35-21-28-12-14-40-15-13-29(28)22-36(35)39(47)44-24-30-7-5-4-6-27(30)20-32(44)25-43-16-18-48-19-17-43/h4-11,21-23,32,40,45H,12-20,24-25H2,1-3H3/t32-/m0/s1. The molecule has 0 bridgehead atoms. The maximum atomic E-state index is 15.0. The van der Waals surface area contributed by atoms with Gasteiger partial charge in [-0.3, -0.25) is 14.5 Å². The molecule has 0 spiro atoms. The van der Waals surface area contributed by atoms with E-state index in [1.165, 1.54) is 22.3 Å². The van der Waals surface area contributed by atoms with E-state index in [2.05, 4.69) is 51.5 Å². The largest absolute Gasteiger partial charge is 0.508 e. The first kappa shape index (κ1) is 32.1. The van der Waals surface area contributed by atoms with Crippen LogP contribution in [0, 0.1) is 6.92 Å². The van der Waals surface area contributed by atoms with Gasteiger partial charge in [-0.05, 0) is 104 Å². The summed E-state index contributed by atoms with van der Waals surface area (Å²) in [6, 6.07) is 21.4. The van der Waals surface area contributed by atoms with Gasteiger partial charge in [0.05, 0.1) is 18.8 Å². The van der Waals surface area contributed by atoms with E-state index in [1.54, 1.807) is 36.2 Å². The number of anilines is 1. The van der Waals surface area contributed by atoms with Crippen LogP contribution in [0.25, 0.3) is 11.3 Å². The molecule has 48 heavy (non-hydrogen) atoms. The third-order valence-corrected chi connectivity index (χ3v) is 10.5. The highest BCUT2D eigenvalue weighted by atomic mass is 16.5. The van der Waals surface area contributed by atoms with Crippen molar-refractivity contribution in [1.82, 2.24) is 19.7 Å². The van der Waals surface area contributed by atoms with Crippen molar-refractivity contribution in [3.8, 4) is 17.0 Å². The number of hydrogen-bond donors (Lipinski definition) is 2. The van der Waals surface area contributed by atoms with Crippen LogP contribution in [0.2, 0.25) is 0 Å². The number of ether oxygens (including phenoxy) is 1. The van der Waals surface area contributed by atoms with Crippen molar-refractivity contribution in [2.45, 2.75) is 38.8 Å². The van der Waals surface area contributed by atoms with Crippen molar-refractivity contribution in [1.29, 1.82) is 0 Å². The van der Waals surface area contributed by atoms with E-state index in [4.69, 9.17) is 4.74 Å². The van der Waals surface area contributed by atoms with Crippen LogP contribution >= 0.6 is 0 Å². The second-order valence-corrected chi connectivity index (χ2v) is 13.4. The number of fused-ring (bicyclic) bond motifs is 2. The molecule has 3 aliphatic rings. The number of phenolic OH excluding ortho intramolecular Hbond substituents is 1. The summed E-state index contributed by atoms with van der Waals surface area (Å²) < 4.78 is 7.68. The predicted molar refractivity (Wildman–Crippen MR) is 188 cm³/mol. The molecule has 0 saturated carbocycles. The van der Waals surface area contributed by atoms with Gasteiger partial charge in [-0.1, -0.05) is 24.3 Å². The smallest absolute Gasteiger partial charge is 0.259 e. The van der Waals surface area contributed by atoms with E-state index in [0.29, 0.717) is 23.4 Å². The first-order chi connectivity index (χ1) is 23.3. The first-order valence-corrected chi connectivity index (χ1v) is 17.1. The number of aromatic hydroxyl groups is 1. The zero-order valence-electron chi connectivity index (χ0n) is 28.2. The highest BCUT2D eigenvalue weighted by Gasteiger charge is 2.34. The molecule has 0 unspecified atom stereocenters. The van der Waals surface area contributed by atoms with Crippen LogP contribution in [0.5, 0.6) is 5.75 Å². The van der Waals surface area contributed by atoms with Gasteiger partial charge >= 0.3 is 0 Å². The summed E-state index contributed by atoms with van der Waals surface area (Å²) in [5.41, 5.74) is 9.46. The second-order valence-electron chi connectivity index (χ2n) is 13.4. The van der Waals surface area contributed by atoms with Crippen LogP contribution in [0.4, 0.5) is 5.69 Å². The van der Waals surface area contributed by atoms with Gasteiger partial charge in [0.2, 0.25) is 0 Å². The second kappa shape index (κ2) is 13.6. The normalized spacial score (nSPS) is 18.1. The molecule has 1 saturated heterocycles. The molecule has 1 fully saturated rings. The van der Waals surface area contributed by atoms with E-state index in [0.717, 1.165) is 82.2 Å². The summed E-state index contributed by atoms with van der Waals surface area (Å²) in [7, 11) is 3.72. The molecule has 7 rings (SSSR count). The van der Waals surface area contributed by atoms with E-state index >= 15 is 4.79 Å². The molecule has 1 aromatic heterocycles. The average Bonchev–Trinajstić information content (AvgIpc) is 3.24. The zero-order valence-corrected chi connectivity index (χ0v) is 28.2. The fourth-order valence-electron chi connectivity index (χ4n) is 7.49. The number of carbonyl (C=O) groups excluding carboxylic acids is 2. The zero-order chi connectivity index (χ0) is 33.4. The number of carbonyl (C=O) groups is 2. The van der Waals surface area contributed by atoms with Gasteiger partial charge < -0.3 is 29.5 Å². The molecule has 9 nitrogen and oxygen atoms in total. The SMILES string of the molecule is Cc1c(C(=O)N(C)c2ccc(O)cc2)cc(-c2cc3c(cc2C(=O)N2Cc4ccccc4C[C@H]2CN2CCOCC2)CCNCC3)n1C. The van der Waals surface area contributed by atoms with Crippen molar-refractivity contribution in [2.75, 3.05) is 57.9 Å². The summed E-state index contributed by atoms with van der Waals surface area (Å²) in [6.45, 7) is 8.27. The minimum Gasteiger partial charge on any atom is -0.508 e. The number of nitrogens with zero attached hydrogens (tertiary/aromatic N) is 4. The molecule has 250 valence electrons. The van der Waals surface area contributed by atoms with Crippen LogP contribution in [0.1, 0.15) is 48.7 Å². The number of aromatic nitrogens is 1. The molecule has 9 heteroatoms. The van der Waals surface area contributed by atoms with E-state index in [9.17, 15) is 9.90 Å². The Hall–Kier alpha value is -4.44. The minimum absolute atomic E-state index is 0.0325. The first-order valence-electron chi connectivity index (χ1n) is 17.1. The van der Waals surface area contributed by atoms with Gasteiger partial charge in [0, 0.05) is 74.5 Å². The summed E-state index contributed by atoms with van der Waals surface area (Å²) in [5.74, 6) is 0.0357. The predicted octanol–water partition coefficient (Wildman–Crippen LogP) is 4.57. The lowest BCUT2D eigenvalue weighted by atomic mass is 9.90. The lowest BCUT2D eigenvalue weighted by molar-refractivity contribution is 0.0193. The Bertz CT molecular complexity index is 1820. The third-order valence-electron chi connectivity index (χ3n) is 10.5. The van der Waals surface area contributed by atoms with Gasteiger partial charge in [0.1, 0.15) is 5.75 Å². The number of phenols is 1. The highest BCUT2D eigenvalue weighted by Crippen LogP contribution is 2.35. The van der Waals surface area contributed by atoms with Crippen LogP contribution < -0.4 is 10.2 Å². The van der Waals surface area contributed by atoms with Gasteiger partial charge in [0.25, 0.3) is 11.8 Å². The molecule has 4 heterocycles. The topological polar surface area (TPSA) is 90.3 Å².